The van der Waals surface area contributed by atoms with Gasteiger partial charge in [0.25, 0.3) is 40.5 Å². The average Bonchev–Trinajstić information content (AvgIpc) is 2.98. The molecule has 0 saturated heterocycles. The number of hydrogen-bond acceptors (Lipinski definition) is 17. The Morgan fingerprint density at radius 2 is 1.27 bits per heavy atom. The quantitative estimate of drug-likeness (QED) is 0.0564. The van der Waals surface area contributed by atoms with Gasteiger partial charge in [-0.05, 0) is 65.5 Å². The summed E-state index contributed by atoms with van der Waals surface area (Å²) in [7, 11) is -19.8. The second kappa shape index (κ2) is 13.2. The van der Waals surface area contributed by atoms with Crippen molar-refractivity contribution in [3.63, 3.8) is 0 Å². The highest BCUT2D eigenvalue weighted by Gasteiger charge is 2.26. The summed E-state index contributed by atoms with van der Waals surface area (Å²) in [6, 6.07) is 9.94. The molecule has 0 amide bonds. The lowest BCUT2D eigenvalue weighted by Crippen LogP contribution is -2.07. The van der Waals surface area contributed by atoms with Gasteiger partial charge < -0.3 is 21.5 Å². The van der Waals surface area contributed by atoms with Crippen LogP contribution in [0.25, 0.3) is 10.8 Å². The first-order valence-corrected chi connectivity index (χ1v) is 19.3. The molecule has 1 heterocycles. The summed E-state index contributed by atoms with van der Waals surface area (Å²) in [5.74, 6) is -1.89. The number of aromatic nitrogens is 3. The fourth-order valence-electron chi connectivity index (χ4n) is 4.43. The van der Waals surface area contributed by atoms with Crippen molar-refractivity contribution < 1.29 is 57.0 Å². The molecule has 5 rings (SSSR count). The maximum atomic E-state index is 12.4. The Labute approximate surface area is 291 Å². The molecule has 0 aliphatic rings. The number of fused-ring (bicyclic) bond motifs is 1. The monoisotopic (exact) mass is 802 g/mol. The van der Waals surface area contributed by atoms with E-state index in [9.17, 15) is 57.0 Å². The van der Waals surface area contributed by atoms with E-state index in [1.807, 2.05) is 0 Å². The second-order valence-corrected chi connectivity index (χ2v) is 15.9. The summed E-state index contributed by atoms with van der Waals surface area (Å²) in [5, 5.41) is 22.4. The molecule has 4 aromatic carbocycles. The molecule has 1 aromatic heterocycles. The van der Waals surface area contributed by atoms with E-state index < -0.39 is 105 Å². The number of aromatic hydroxyl groups is 1. The number of nitrogens with one attached hydrogen (secondary N) is 2. The molecule has 0 aliphatic carbocycles. The van der Waals surface area contributed by atoms with Crippen LogP contribution < -0.4 is 16.4 Å². The minimum absolute atomic E-state index is 0.0906. The molecule has 268 valence electrons. The van der Waals surface area contributed by atoms with E-state index in [1.54, 1.807) is 0 Å². The number of azo groups is 1. The van der Waals surface area contributed by atoms with Crippen LogP contribution in [-0.4, -0.2) is 71.9 Å². The normalized spacial score (nSPS) is 12.7. The van der Waals surface area contributed by atoms with E-state index in [0.717, 1.165) is 36.4 Å². The van der Waals surface area contributed by atoms with E-state index in [1.165, 1.54) is 18.2 Å². The number of hydrogen-bond donors (Lipinski definition) is 8. The van der Waals surface area contributed by atoms with Gasteiger partial charge >= 0.3 is 0 Å². The van der Waals surface area contributed by atoms with Crippen molar-refractivity contribution in [1.29, 1.82) is 0 Å². The molecule has 0 aliphatic heterocycles. The Kier molecular flexibility index (Phi) is 9.62. The molecule has 0 saturated carbocycles. The van der Waals surface area contributed by atoms with Crippen molar-refractivity contribution in [3.8, 4) is 5.75 Å². The van der Waals surface area contributed by atoms with Crippen LogP contribution in [0.1, 0.15) is 0 Å². The van der Waals surface area contributed by atoms with Crippen LogP contribution in [0.4, 0.5) is 40.3 Å². The summed E-state index contributed by atoms with van der Waals surface area (Å²) in [5.41, 5.74) is 3.47. The molecule has 0 radical (unpaired) electrons. The lowest BCUT2D eigenvalue weighted by molar-refractivity contribution is 0.472. The SMILES string of the molecule is Nc1cc(Nc2nc(Cl)nc(Nc3cc(S(=O)(=O)O)cc4cc(S(=O)(=O)O)c(N=Nc5ccccc5S(=O)(=O)O)c(O)c34)n2)ccc1S(=O)(=O)O. The summed E-state index contributed by atoms with van der Waals surface area (Å²) in [6.07, 6.45) is 0. The Morgan fingerprint density at radius 3 is 1.86 bits per heavy atom. The van der Waals surface area contributed by atoms with Gasteiger partial charge in [-0.3, -0.25) is 18.2 Å². The van der Waals surface area contributed by atoms with Crippen molar-refractivity contribution in [3.05, 3.63) is 65.9 Å². The van der Waals surface area contributed by atoms with Crippen molar-refractivity contribution >= 4 is 103 Å². The van der Waals surface area contributed by atoms with Crippen molar-refractivity contribution in [2.75, 3.05) is 16.4 Å². The first kappa shape index (κ1) is 37.1. The molecule has 5 aromatic rings. The maximum Gasteiger partial charge on any atom is 0.296 e. The van der Waals surface area contributed by atoms with Crippen LogP contribution in [0, 0.1) is 0 Å². The van der Waals surface area contributed by atoms with Gasteiger partial charge in [-0.15, -0.1) is 10.2 Å². The molecule has 0 fully saturated rings. The van der Waals surface area contributed by atoms with Crippen LogP contribution in [0.3, 0.4) is 0 Å². The van der Waals surface area contributed by atoms with Crippen molar-refractivity contribution in [1.82, 2.24) is 15.0 Å². The zero-order valence-corrected chi connectivity index (χ0v) is 28.6. The van der Waals surface area contributed by atoms with Gasteiger partial charge in [-0.1, -0.05) is 12.1 Å². The fourth-order valence-corrected chi connectivity index (χ4v) is 7.02. The fraction of sp³-hybridized carbons (Fsp3) is 0. The van der Waals surface area contributed by atoms with E-state index in [4.69, 9.17) is 17.3 Å². The first-order valence-electron chi connectivity index (χ1n) is 13.1. The lowest BCUT2D eigenvalue weighted by Gasteiger charge is -2.15. The third-order valence-electron chi connectivity index (χ3n) is 6.50. The average molecular weight is 803 g/mol. The Hall–Kier alpha value is -5.12. The van der Waals surface area contributed by atoms with Crippen LogP contribution in [0.2, 0.25) is 5.28 Å². The Bertz CT molecular complexity index is 2750. The van der Waals surface area contributed by atoms with Gasteiger partial charge in [0.1, 0.15) is 26.1 Å². The number of phenolic OH excluding ortho intramolecular Hbond substituents is 1. The number of nitrogen functional groups attached to an aromatic ring is 1. The van der Waals surface area contributed by atoms with Crippen molar-refractivity contribution in [2.24, 2.45) is 10.2 Å². The molecule has 21 nitrogen and oxygen atoms in total. The number of nitrogens with zero attached hydrogens (tertiary/aromatic N) is 5. The molecule has 0 spiro atoms. The first-order chi connectivity index (χ1) is 23.5. The zero-order chi connectivity index (χ0) is 37.7. The number of rotatable bonds is 10. The third-order valence-corrected chi connectivity index (χ3v) is 10.2. The van der Waals surface area contributed by atoms with Gasteiger partial charge in [-0.25, -0.2) is 0 Å². The van der Waals surface area contributed by atoms with Crippen molar-refractivity contribution in [2.45, 2.75) is 19.6 Å². The van der Waals surface area contributed by atoms with Crippen LogP contribution >= 0.6 is 11.6 Å². The highest BCUT2D eigenvalue weighted by molar-refractivity contribution is 7.86. The van der Waals surface area contributed by atoms with Gasteiger partial charge in [-0.2, -0.15) is 48.6 Å². The minimum Gasteiger partial charge on any atom is -0.505 e. The number of halogens is 1. The molecule has 26 heteroatoms. The Morgan fingerprint density at radius 1 is 0.667 bits per heavy atom. The smallest absolute Gasteiger partial charge is 0.296 e. The summed E-state index contributed by atoms with van der Waals surface area (Å²) in [4.78, 5) is 8.41. The number of phenols is 1. The zero-order valence-electron chi connectivity index (χ0n) is 24.6. The van der Waals surface area contributed by atoms with Crippen LogP contribution in [0.15, 0.2) is 90.5 Å². The van der Waals surface area contributed by atoms with Crippen LogP contribution in [-0.2, 0) is 40.5 Å². The summed E-state index contributed by atoms with van der Waals surface area (Å²) >= 11 is 6.05. The van der Waals surface area contributed by atoms with E-state index in [2.05, 4.69) is 35.8 Å². The van der Waals surface area contributed by atoms with Crippen LogP contribution in [0.5, 0.6) is 5.75 Å². The molecule has 9 N–H and O–H groups in total. The highest BCUT2D eigenvalue weighted by Crippen LogP contribution is 2.46. The van der Waals surface area contributed by atoms with Gasteiger partial charge in [0.15, 0.2) is 5.75 Å². The van der Waals surface area contributed by atoms with Gasteiger partial charge in [0.05, 0.1) is 16.3 Å². The standard InChI is InChI=1S/C25H19ClN8O13S4/c26-23-30-24(28-12-5-6-17(14(27)9-12)49(39,40)41)32-25(31-23)29-16-10-13(48(36,37)38)7-11-8-19(51(45,46)47)21(22(35)20(11)16)34-33-15-3-1-2-4-18(15)50(42,43)44/h1-10,35H,27H2,(H,36,37,38)(H,39,40,41)(H,42,43,44)(H,45,46,47)(H2,28,29,30,31,32). The van der Waals surface area contributed by atoms with Gasteiger partial charge in [0.2, 0.25) is 17.2 Å². The predicted octanol–water partition coefficient (Wildman–Crippen LogP) is 3.86. The number of anilines is 5. The maximum absolute atomic E-state index is 12.4. The molecular formula is C25H19ClN8O13S4. The van der Waals surface area contributed by atoms with E-state index in [-0.39, 0.29) is 17.3 Å². The number of benzene rings is 4. The van der Waals surface area contributed by atoms with E-state index >= 15 is 0 Å². The summed E-state index contributed by atoms with van der Waals surface area (Å²) < 4.78 is 134. The third kappa shape index (κ3) is 8.27. The Balaban J connectivity index is 1.69. The predicted molar refractivity (Wildman–Crippen MR) is 178 cm³/mol. The minimum atomic E-state index is -5.29. The lowest BCUT2D eigenvalue weighted by atomic mass is 10.1. The summed E-state index contributed by atoms with van der Waals surface area (Å²) in [6.45, 7) is 0. The molecule has 0 atom stereocenters. The molecular weight excluding hydrogens is 784 g/mol. The second-order valence-electron chi connectivity index (χ2n) is 9.96. The molecule has 0 unspecified atom stereocenters. The highest BCUT2D eigenvalue weighted by atomic mass is 35.5. The topological polar surface area (TPSA) is 351 Å². The van der Waals surface area contributed by atoms with Gasteiger partial charge in [0, 0.05) is 11.1 Å². The largest absolute Gasteiger partial charge is 0.505 e. The molecule has 0 bridgehead atoms. The van der Waals surface area contributed by atoms with E-state index in [0.29, 0.717) is 6.07 Å². The molecule has 51 heavy (non-hydrogen) atoms. The number of nitrogens with two attached hydrogens (primary N) is 1.